The summed E-state index contributed by atoms with van der Waals surface area (Å²) in [5.41, 5.74) is 6.40. The first-order chi connectivity index (χ1) is 12.1. The van der Waals surface area contributed by atoms with Gasteiger partial charge in [0.05, 0.1) is 9.93 Å². The fraction of sp³-hybridized carbons (Fsp3) is 0.111. The van der Waals surface area contributed by atoms with E-state index in [1.807, 2.05) is 42.5 Å². The monoisotopic (exact) mass is 374 g/mol. The van der Waals surface area contributed by atoms with Crippen LogP contribution in [0.2, 0.25) is 5.02 Å². The van der Waals surface area contributed by atoms with E-state index in [-0.39, 0.29) is 11.1 Å². The third-order valence-corrected chi connectivity index (χ3v) is 4.39. The number of thioether (sulfide) groups is 1. The minimum Gasteiger partial charge on any atom is -0.490 e. The number of amidine groups is 1. The quantitative estimate of drug-likeness (QED) is 0.616. The number of hydrogen-bond acceptors (Lipinski definition) is 5. The van der Waals surface area contributed by atoms with Crippen molar-refractivity contribution in [3.8, 4) is 11.5 Å². The smallest absolute Gasteiger partial charge is 0.286 e. The summed E-state index contributed by atoms with van der Waals surface area (Å²) >= 11 is 7.18. The average Bonchev–Trinajstić information content (AvgIpc) is 2.92. The number of carbonyl (C=O) groups excluding carboxylic acids is 1. The molecule has 2 aromatic rings. The van der Waals surface area contributed by atoms with Gasteiger partial charge in [-0.2, -0.15) is 4.99 Å². The van der Waals surface area contributed by atoms with Crippen molar-refractivity contribution < 1.29 is 14.3 Å². The molecule has 25 heavy (non-hydrogen) atoms. The molecule has 0 aromatic heterocycles. The van der Waals surface area contributed by atoms with Crippen LogP contribution < -0.4 is 15.2 Å². The van der Waals surface area contributed by atoms with Gasteiger partial charge in [-0.05, 0) is 47.7 Å². The highest BCUT2D eigenvalue weighted by Crippen LogP contribution is 2.27. The number of carbonyl (C=O) groups is 1. The van der Waals surface area contributed by atoms with Crippen LogP contribution in [0.1, 0.15) is 5.56 Å². The van der Waals surface area contributed by atoms with Gasteiger partial charge in [0.1, 0.15) is 24.7 Å². The van der Waals surface area contributed by atoms with Crippen molar-refractivity contribution in [2.75, 3.05) is 13.2 Å². The molecule has 3 rings (SSSR count). The summed E-state index contributed by atoms with van der Waals surface area (Å²) in [4.78, 5) is 15.7. The van der Waals surface area contributed by atoms with Gasteiger partial charge in [0, 0.05) is 0 Å². The van der Waals surface area contributed by atoms with Gasteiger partial charge in [-0.15, -0.1) is 0 Å². The molecule has 0 unspecified atom stereocenters. The number of benzene rings is 2. The van der Waals surface area contributed by atoms with Gasteiger partial charge in [0.25, 0.3) is 5.91 Å². The van der Waals surface area contributed by atoms with Crippen molar-refractivity contribution in [3.63, 3.8) is 0 Å². The molecule has 0 aliphatic carbocycles. The molecule has 0 bridgehead atoms. The lowest BCUT2D eigenvalue weighted by Crippen LogP contribution is -2.09. The highest BCUT2D eigenvalue weighted by molar-refractivity contribution is 8.18. The molecule has 0 atom stereocenters. The molecule has 5 nitrogen and oxygen atoms in total. The summed E-state index contributed by atoms with van der Waals surface area (Å²) in [6.45, 7) is 0.779. The molecule has 1 aliphatic rings. The third-order valence-electron chi connectivity index (χ3n) is 3.26. The Morgan fingerprint density at radius 1 is 1.08 bits per heavy atom. The maximum Gasteiger partial charge on any atom is 0.286 e. The number of nitrogens with two attached hydrogens (primary N) is 1. The molecule has 0 fully saturated rings. The van der Waals surface area contributed by atoms with E-state index in [1.54, 1.807) is 12.1 Å². The largest absolute Gasteiger partial charge is 0.490 e. The second kappa shape index (κ2) is 8.09. The van der Waals surface area contributed by atoms with E-state index < -0.39 is 0 Å². The van der Waals surface area contributed by atoms with Gasteiger partial charge < -0.3 is 15.2 Å². The van der Waals surface area contributed by atoms with Gasteiger partial charge in [-0.25, -0.2) is 0 Å². The number of hydrogen-bond donors (Lipinski definition) is 1. The van der Waals surface area contributed by atoms with Crippen LogP contribution in [-0.2, 0) is 4.79 Å². The van der Waals surface area contributed by atoms with Gasteiger partial charge in [-0.3, -0.25) is 4.79 Å². The molecule has 0 saturated heterocycles. The molecule has 2 N–H and O–H groups in total. The standard InChI is InChI=1S/C18H15ClN2O3S/c19-14-3-1-2-4-15(14)24-10-9-23-13-7-5-12(6-8-13)11-16-17(22)21-18(20)25-16/h1-8,11H,9-10H2,(H2,20,21,22)/b16-11-. The Balaban J connectivity index is 1.49. The summed E-state index contributed by atoms with van der Waals surface area (Å²) in [5, 5.41) is 0.846. The zero-order chi connectivity index (χ0) is 17.6. The van der Waals surface area contributed by atoms with E-state index in [0.29, 0.717) is 34.6 Å². The number of rotatable bonds is 6. The summed E-state index contributed by atoms with van der Waals surface area (Å²) in [6, 6.07) is 14.7. The fourth-order valence-corrected chi connectivity index (χ4v) is 2.98. The summed E-state index contributed by atoms with van der Waals surface area (Å²) < 4.78 is 11.2. The molecule has 1 heterocycles. The predicted octanol–water partition coefficient (Wildman–Crippen LogP) is 3.73. The molecule has 7 heteroatoms. The lowest BCUT2D eigenvalue weighted by atomic mass is 10.2. The maximum atomic E-state index is 11.6. The van der Waals surface area contributed by atoms with E-state index >= 15 is 0 Å². The molecule has 2 aromatic carbocycles. The second-order valence-electron chi connectivity index (χ2n) is 5.06. The maximum absolute atomic E-state index is 11.6. The lowest BCUT2D eigenvalue weighted by Gasteiger charge is -2.09. The van der Waals surface area contributed by atoms with Crippen LogP contribution in [0, 0.1) is 0 Å². The number of para-hydroxylation sites is 1. The van der Waals surface area contributed by atoms with E-state index in [1.165, 1.54) is 11.8 Å². The van der Waals surface area contributed by atoms with Crippen LogP contribution in [0.3, 0.4) is 0 Å². The molecule has 1 aliphatic heterocycles. The van der Waals surface area contributed by atoms with Crippen molar-refractivity contribution in [1.82, 2.24) is 0 Å². The highest BCUT2D eigenvalue weighted by Gasteiger charge is 2.19. The Morgan fingerprint density at radius 3 is 2.48 bits per heavy atom. The van der Waals surface area contributed by atoms with Crippen LogP contribution in [-0.4, -0.2) is 24.3 Å². The summed E-state index contributed by atoms with van der Waals surface area (Å²) in [6.07, 6.45) is 1.75. The van der Waals surface area contributed by atoms with Crippen molar-refractivity contribution in [2.45, 2.75) is 0 Å². The number of ether oxygens (including phenoxy) is 2. The Bertz CT molecular complexity index is 834. The van der Waals surface area contributed by atoms with Crippen LogP contribution >= 0.6 is 23.4 Å². The minimum absolute atomic E-state index is 0.273. The molecule has 0 saturated carbocycles. The van der Waals surface area contributed by atoms with Crippen molar-refractivity contribution in [3.05, 3.63) is 64.0 Å². The van der Waals surface area contributed by atoms with Crippen LogP contribution in [0.4, 0.5) is 0 Å². The van der Waals surface area contributed by atoms with Crippen LogP contribution in [0.15, 0.2) is 58.4 Å². The van der Waals surface area contributed by atoms with E-state index in [4.69, 9.17) is 26.8 Å². The first-order valence-corrected chi connectivity index (χ1v) is 8.69. The number of amides is 1. The van der Waals surface area contributed by atoms with Gasteiger partial charge in [0.15, 0.2) is 5.17 Å². The zero-order valence-corrected chi connectivity index (χ0v) is 14.7. The minimum atomic E-state index is -0.306. The van der Waals surface area contributed by atoms with Crippen molar-refractivity contribution in [2.24, 2.45) is 10.7 Å². The Labute approximate surface area is 154 Å². The third kappa shape index (κ3) is 4.78. The fourth-order valence-electron chi connectivity index (χ4n) is 2.11. The van der Waals surface area contributed by atoms with E-state index in [0.717, 1.165) is 5.56 Å². The molecule has 1 amide bonds. The summed E-state index contributed by atoms with van der Waals surface area (Å²) in [7, 11) is 0. The van der Waals surface area contributed by atoms with Crippen LogP contribution in [0.25, 0.3) is 6.08 Å². The lowest BCUT2D eigenvalue weighted by molar-refractivity contribution is -0.113. The molecular weight excluding hydrogens is 360 g/mol. The number of halogens is 1. The van der Waals surface area contributed by atoms with Crippen LogP contribution in [0.5, 0.6) is 11.5 Å². The molecular formula is C18H15ClN2O3S. The normalized spacial score (nSPS) is 15.3. The van der Waals surface area contributed by atoms with Crippen molar-refractivity contribution in [1.29, 1.82) is 0 Å². The molecule has 128 valence electrons. The average molecular weight is 375 g/mol. The first-order valence-electron chi connectivity index (χ1n) is 7.50. The van der Waals surface area contributed by atoms with E-state index in [9.17, 15) is 4.79 Å². The zero-order valence-electron chi connectivity index (χ0n) is 13.1. The topological polar surface area (TPSA) is 73.9 Å². The Hall–Kier alpha value is -2.44. The number of aliphatic imine (C=N–C) groups is 1. The summed E-state index contributed by atoms with van der Waals surface area (Å²) in [5.74, 6) is 1.04. The van der Waals surface area contributed by atoms with Gasteiger partial charge in [0.2, 0.25) is 0 Å². The molecule has 0 spiro atoms. The Morgan fingerprint density at radius 2 is 1.80 bits per heavy atom. The van der Waals surface area contributed by atoms with Crippen molar-refractivity contribution >= 4 is 40.5 Å². The second-order valence-corrected chi connectivity index (χ2v) is 6.53. The predicted molar refractivity (Wildman–Crippen MR) is 101 cm³/mol. The SMILES string of the molecule is NC1=NC(=O)/C(=C/c2ccc(OCCOc3ccccc3Cl)cc2)S1. The van der Waals surface area contributed by atoms with Gasteiger partial charge >= 0.3 is 0 Å². The number of nitrogens with zero attached hydrogens (tertiary/aromatic N) is 1. The first kappa shape index (κ1) is 17.4. The van der Waals surface area contributed by atoms with E-state index in [2.05, 4.69) is 4.99 Å². The molecule has 0 radical (unpaired) electrons. The van der Waals surface area contributed by atoms with Gasteiger partial charge in [-0.1, -0.05) is 35.9 Å². The Kier molecular flexibility index (Phi) is 5.63. The highest BCUT2D eigenvalue weighted by atomic mass is 35.5.